The highest BCUT2D eigenvalue weighted by molar-refractivity contribution is 7.89. The van der Waals surface area contributed by atoms with Crippen LogP contribution < -0.4 is 15.0 Å². The molecule has 292 valence electrons. The van der Waals surface area contributed by atoms with Gasteiger partial charge in [-0.25, -0.2) is 8.42 Å². The minimum Gasteiger partial charge on any atom is -0.497 e. The van der Waals surface area contributed by atoms with Gasteiger partial charge in [0.15, 0.2) is 5.76 Å². The van der Waals surface area contributed by atoms with Crippen LogP contribution in [-0.4, -0.2) is 99.5 Å². The number of methoxy groups -OCH3 is 1. The van der Waals surface area contributed by atoms with E-state index in [1.54, 1.807) is 17.0 Å². The summed E-state index contributed by atoms with van der Waals surface area (Å²) in [7, 11) is -2.45. The second kappa shape index (κ2) is 15.7. The van der Waals surface area contributed by atoms with Gasteiger partial charge < -0.3 is 34.4 Å². The van der Waals surface area contributed by atoms with Gasteiger partial charge in [0, 0.05) is 44.2 Å². The molecule has 1 aliphatic carbocycles. The molecule has 4 aromatic carbocycles. The van der Waals surface area contributed by atoms with Crippen LogP contribution in [0.2, 0.25) is 0 Å². The van der Waals surface area contributed by atoms with E-state index in [4.69, 9.17) is 14.2 Å². The summed E-state index contributed by atoms with van der Waals surface area (Å²) in [5.41, 5.74) is 6.12. The third-order valence-electron chi connectivity index (χ3n) is 11.5. The molecule has 0 unspecified atom stereocenters. The predicted octanol–water partition coefficient (Wildman–Crippen LogP) is 4.64. The summed E-state index contributed by atoms with van der Waals surface area (Å²) in [6.45, 7) is 0.558. The number of amides is 2. The minimum atomic E-state index is -3.96. The zero-order chi connectivity index (χ0) is 38.9. The SMILES string of the molecule is COc1ccc(S(=O)(=O)N(CCO)CCO[C@H]2C[C@@H](c3cccc4c3Cc3ccccc3-4)C=C(C(=O)N3CCC4(CC3)C(=O)NCN4c3ccccc3)O2)cc1. The smallest absolute Gasteiger partial charge is 0.288 e. The number of ether oxygens (including phenoxy) is 3. The third-order valence-corrected chi connectivity index (χ3v) is 13.4. The lowest BCUT2D eigenvalue weighted by Crippen LogP contribution is -2.57. The normalized spacial score (nSPS) is 20.0. The molecule has 0 aromatic heterocycles. The van der Waals surface area contributed by atoms with Crippen molar-refractivity contribution in [3.8, 4) is 16.9 Å². The van der Waals surface area contributed by atoms with Gasteiger partial charge >= 0.3 is 0 Å². The van der Waals surface area contributed by atoms with Crippen LogP contribution in [0.4, 0.5) is 5.69 Å². The van der Waals surface area contributed by atoms with E-state index in [0.717, 1.165) is 17.7 Å². The van der Waals surface area contributed by atoms with Crippen LogP contribution in [0, 0.1) is 0 Å². The zero-order valence-electron chi connectivity index (χ0n) is 31.3. The van der Waals surface area contributed by atoms with E-state index in [9.17, 15) is 23.1 Å². The molecule has 3 aliphatic heterocycles. The molecule has 4 aromatic rings. The number of hydrogen-bond acceptors (Lipinski definition) is 9. The molecule has 13 heteroatoms. The van der Waals surface area contributed by atoms with Crippen LogP contribution in [-0.2, 0) is 35.5 Å². The van der Waals surface area contributed by atoms with E-state index in [2.05, 4.69) is 34.5 Å². The molecular weight excluding hydrogens is 733 g/mol. The number of nitrogens with one attached hydrogen (secondary N) is 1. The molecule has 2 amide bonds. The number of aliphatic hydroxyl groups excluding tert-OH is 1. The number of allylic oxidation sites excluding steroid dienone is 1. The molecule has 0 radical (unpaired) electrons. The minimum absolute atomic E-state index is 0.0294. The summed E-state index contributed by atoms with van der Waals surface area (Å²) >= 11 is 0. The summed E-state index contributed by atoms with van der Waals surface area (Å²) in [6, 6.07) is 30.6. The maximum absolute atomic E-state index is 14.4. The van der Waals surface area contributed by atoms with Gasteiger partial charge in [-0.2, -0.15) is 4.31 Å². The number of fused-ring (bicyclic) bond motifs is 3. The summed E-state index contributed by atoms with van der Waals surface area (Å²) in [5.74, 6) is 0.169. The Balaban J connectivity index is 1.02. The van der Waals surface area contributed by atoms with Gasteiger partial charge in [0.05, 0.1) is 31.9 Å². The number of rotatable bonds is 12. The lowest BCUT2D eigenvalue weighted by Gasteiger charge is -2.43. The van der Waals surface area contributed by atoms with Crippen LogP contribution in [0.15, 0.2) is 114 Å². The van der Waals surface area contributed by atoms with Crippen molar-refractivity contribution >= 4 is 27.5 Å². The average Bonchev–Trinajstić information content (AvgIpc) is 3.77. The first-order valence-electron chi connectivity index (χ1n) is 19.1. The number of sulfonamides is 1. The molecule has 4 aliphatic rings. The van der Waals surface area contributed by atoms with Crippen molar-refractivity contribution in [1.29, 1.82) is 0 Å². The van der Waals surface area contributed by atoms with Gasteiger partial charge in [0.2, 0.25) is 22.2 Å². The fraction of sp³-hybridized carbons (Fsp3) is 0.349. The van der Waals surface area contributed by atoms with Crippen LogP contribution in [0.5, 0.6) is 5.75 Å². The second-order valence-electron chi connectivity index (χ2n) is 14.6. The molecule has 56 heavy (non-hydrogen) atoms. The summed E-state index contributed by atoms with van der Waals surface area (Å²) in [5, 5.41) is 12.8. The van der Waals surface area contributed by atoms with Crippen LogP contribution in [0.1, 0.15) is 41.9 Å². The average molecular weight is 779 g/mol. The number of aliphatic hydroxyl groups is 1. The Labute approximate surface area is 327 Å². The number of likely N-dealkylation sites (tertiary alicyclic amines) is 1. The highest BCUT2D eigenvalue weighted by atomic mass is 32.2. The number of carbonyl (C=O) groups is 2. The molecular formula is C43H46N4O8S. The number of nitrogens with zero attached hydrogens (tertiary/aromatic N) is 3. The van der Waals surface area contributed by atoms with Gasteiger partial charge in [-0.1, -0.05) is 60.7 Å². The maximum Gasteiger partial charge on any atom is 0.288 e. The second-order valence-corrected chi connectivity index (χ2v) is 16.5. The fourth-order valence-electron chi connectivity index (χ4n) is 8.57. The Kier molecular flexibility index (Phi) is 10.6. The maximum atomic E-state index is 14.4. The van der Waals surface area contributed by atoms with E-state index >= 15 is 0 Å². The molecule has 2 N–H and O–H groups in total. The van der Waals surface area contributed by atoms with Gasteiger partial charge in [-0.3, -0.25) is 9.59 Å². The zero-order valence-corrected chi connectivity index (χ0v) is 32.1. The van der Waals surface area contributed by atoms with Gasteiger partial charge in [-0.15, -0.1) is 0 Å². The van der Waals surface area contributed by atoms with Crippen molar-refractivity contribution < 1.29 is 37.3 Å². The lowest BCUT2D eigenvalue weighted by atomic mass is 9.85. The van der Waals surface area contributed by atoms with E-state index in [1.165, 1.54) is 45.8 Å². The predicted molar refractivity (Wildman–Crippen MR) is 210 cm³/mol. The molecule has 12 nitrogen and oxygen atoms in total. The highest BCUT2D eigenvalue weighted by Gasteiger charge is 2.51. The Morgan fingerprint density at radius 2 is 1.68 bits per heavy atom. The Morgan fingerprint density at radius 1 is 0.946 bits per heavy atom. The van der Waals surface area contributed by atoms with E-state index in [1.807, 2.05) is 54.6 Å². The first-order chi connectivity index (χ1) is 27.2. The molecule has 0 saturated carbocycles. The highest BCUT2D eigenvalue weighted by Crippen LogP contribution is 2.43. The summed E-state index contributed by atoms with van der Waals surface area (Å²) in [6.07, 6.45) is 3.15. The van der Waals surface area contributed by atoms with Crippen molar-refractivity contribution in [2.24, 2.45) is 0 Å². The first-order valence-corrected chi connectivity index (χ1v) is 20.5. The Hall–Kier alpha value is -5.21. The number of piperidine rings is 1. The number of anilines is 1. The number of hydrogen-bond donors (Lipinski definition) is 2. The van der Waals surface area contributed by atoms with E-state index < -0.39 is 21.9 Å². The van der Waals surface area contributed by atoms with Crippen LogP contribution in [0.25, 0.3) is 11.1 Å². The Bertz CT molecular complexity index is 2220. The van der Waals surface area contributed by atoms with Crippen LogP contribution in [0.3, 0.4) is 0 Å². The first kappa shape index (κ1) is 37.7. The number of para-hydroxylation sites is 1. The van der Waals surface area contributed by atoms with Crippen molar-refractivity contribution in [2.75, 3.05) is 58.1 Å². The molecule has 3 heterocycles. The van der Waals surface area contributed by atoms with E-state index in [-0.39, 0.29) is 54.7 Å². The number of benzene rings is 4. The Morgan fingerprint density at radius 3 is 2.43 bits per heavy atom. The summed E-state index contributed by atoms with van der Waals surface area (Å²) < 4.78 is 46.1. The molecule has 8 rings (SSSR count). The molecule has 2 saturated heterocycles. The van der Waals surface area contributed by atoms with Crippen molar-refractivity contribution in [3.63, 3.8) is 0 Å². The third kappa shape index (κ3) is 7.04. The van der Waals surface area contributed by atoms with E-state index in [0.29, 0.717) is 44.8 Å². The van der Waals surface area contributed by atoms with Crippen molar-refractivity contribution in [3.05, 3.63) is 126 Å². The van der Waals surface area contributed by atoms with Gasteiger partial charge in [0.1, 0.15) is 11.3 Å². The molecule has 1 spiro atoms. The lowest BCUT2D eigenvalue weighted by molar-refractivity contribution is -0.154. The molecule has 2 atom stereocenters. The quantitative estimate of drug-likeness (QED) is 0.186. The van der Waals surface area contributed by atoms with Crippen molar-refractivity contribution in [1.82, 2.24) is 14.5 Å². The standard InChI is InChI=1S/C43H46N4O8S/c1-53-33-14-16-34(17-15-33)56(51,52)46(22-24-48)23-25-54-40-28-31(36-12-7-13-37-35-11-6-5-8-30(35)26-38(36)37)27-39(55-40)41(49)45-20-18-43(19-21-45)42(50)44-29-47(43)32-9-3-2-4-10-32/h2-17,27,31,40,48H,18-26,28-29H2,1H3,(H,44,50)/t31-,40+/m0/s1. The molecule has 0 bridgehead atoms. The topological polar surface area (TPSA) is 138 Å². The summed E-state index contributed by atoms with van der Waals surface area (Å²) in [4.78, 5) is 31.6. The fourth-order valence-corrected chi connectivity index (χ4v) is 9.99. The van der Waals surface area contributed by atoms with Gasteiger partial charge in [-0.05, 0) is 89.6 Å². The van der Waals surface area contributed by atoms with Crippen LogP contribution >= 0.6 is 0 Å². The van der Waals surface area contributed by atoms with Gasteiger partial charge in [0.25, 0.3) is 5.91 Å². The monoisotopic (exact) mass is 778 g/mol. The van der Waals surface area contributed by atoms with Crippen molar-refractivity contribution in [2.45, 2.75) is 48.3 Å². The molecule has 2 fully saturated rings. The number of carbonyl (C=O) groups excluding carboxylic acids is 2. The largest absolute Gasteiger partial charge is 0.497 e.